The van der Waals surface area contributed by atoms with Crippen LogP contribution in [0.25, 0.3) is 0 Å². The molecular formula is C10H28N2O11. The van der Waals surface area contributed by atoms with E-state index in [4.69, 9.17) is 20.4 Å². The summed E-state index contributed by atoms with van der Waals surface area (Å²) in [6.07, 6.45) is -1.19. The average Bonchev–Trinajstić information content (AvgIpc) is 2.27. The number of carboxylic acid groups (broad SMARTS) is 4. The second-order valence-electron chi connectivity index (χ2n) is 2.57. The Morgan fingerprint density at radius 3 is 0.652 bits per heavy atom. The van der Waals surface area contributed by atoms with E-state index >= 15 is 0 Å². The molecule has 0 heterocycles. The monoisotopic (exact) mass is 352 g/mol. The highest BCUT2D eigenvalue weighted by Crippen LogP contribution is 1.86. The fourth-order valence-electron chi connectivity index (χ4n) is 0.428. The Labute approximate surface area is 132 Å². The van der Waals surface area contributed by atoms with Crippen LogP contribution >= 0.6 is 0 Å². The van der Waals surface area contributed by atoms with Crippen LogP contribution in [-0.2, 0) is 19.2 Å². The van der Waals surface area contributed by atoms with Gasteiger partial charge in [-0.15, -0.1) is 13.2 Å². The highest BCUT2D eigenvalue weighted by atomic mass is 16.4. The van der Waals surface area contributed by atoms with Crippen molar-refractivity contribution in [3.8, 4) is 0 Å². The summed E-state index contributed by atoms with van der Waals surface area (Å²) in [5.41, 5.74) is 0. The first kappa shape index (κ1) is 49.9. The first-order chi connectivity index (χ1) is 8.25. The van der Waals surface area contributed by atoms with Crippen molar-refractivity contribution in [1.82, 2.24) is 12.3 Å². The Morgan fingerprint density at radius 2 is 0.609 bits per heavy atom. The van der Waals surface area contributed by atoms with E-state index in [2.05, 4.69) is 13.2 Å². The van der Waals surface area contributed by atoms with Gasteiger partial charge in [0.05, 0.1) is 25.7 Å². The van der Waals surface area contributed by atoms with Gasteiger partial charge in [0.25, 0.3) is 0 Å². The molecule has 0 saturated heterocycles. The molecule has 13 heteroatoms. The Balaban J connectivity index is -0.0000000245. The third-order valence-electron chi connectivity index (χ3n) is 1.11. The molecule has 23 heavy (non-hydrogen) atoms. The molecule has 0 aromatic rings. The number of carboxylic acids is 4. The lowest BCUT2D eigenvalue weighted by Crippen LogP contribution is -2.00. The Hall–Kier alpha value is -2.58. The molecule has 0 saturated carbocycles. The topological polar surface area (TPSA) is 314 Å². The van der Waals surface area contributed by atoms with Gasteiger partial charge >= 0.3 is 23.9 Å². The maximum absolute atomic E-state index is 9.64. The van der Waals surface area contributed by atoms with Gasteiger partial charge in [-0.1, -0.05) is 0 Å². The quantitative estimate of drug-likeness (QED) is 0.301. The Morgan fingerprint density at radius 1 is 0.522 bits per heavy atom. The summed E-state index contributed by atoms with van der Waals surface area (Å²) < 4.78 is 0. The molecule has 0 amide bonds. The fourth-order valence-corrected chi connectivity index (χ4v) is 0.428. The summed E-state index contributed by atoms with van der Waals surface area (Å²) in [5.74, 6) is -4.31. The second-order valence-corrected chi connectivity index (χ2v) is 2.57. The normalized spacial score (nSPS) is 6.09. The lowest BCUT2D eigenvalue weighted by Gasteiger charge is -1.85. The lowest BCUT2D eigenvalue weighted by atomic mass is 10.3. The molecule has 13 nitrogen and oxygen atoms in total. The molecule has 0 aliphatic carbocycles. The van der Waals surface area contributed by atoms with Crippen molar-refractivity contribution in [3.63, 3.8) is 0 Å². The van der Waals surface area contributed by atoms with E-state index in [0.29, 0.717) is 0 Å². The third-order valence-corrected chi connectivity index (χ3v) is 1.11. The minimum atomic E-state index is -1.08. The zero-order valence-electron chi connectivity index (χ0n) is 12.6. The van der Waals surface area contributed by atoms with E-state index in [1.165, 1.54) is 0 Å². The van der Waals surface area contributed by atoms with Gasteiger partial charge in [0.1, 0.15) is 0 Å². The van der Waals surface area contributed by atoms with Crippen LogP contribution in [0.1, 0.15) is 25.7 Å². The van der Waals surface area contributed by atoms with Crippen molar-refractivity contribution in [2.45, 2.75) is 25.7 Å². The standard InChI is InChI=1S/2C4H6O4.C2H4.2H3N.3H2O/c2*5-3(6)1-2-4(7)8;1-2;;;;;/h2*1-2H2,(H,5,6)(H,7,8);1-2H2;2*1H3;3*1H2. The molecule has 0 aliphatic rings. The summed E-state index contributed by atoms with van der Waals surface area (Å²) >= 11 is 0. The number of aliphatic carboxylic acids is 4. The molecule has 16 N–H and O–H groups in total. The highest BCUT2D eigenvalue weighted by molar-refractivity contribution is 5.75. The molecule has 0 aliphatic heterocycles. The van der Waals surface area contributed by atoms with Gasteiger partial charge in [0, 0.05) is 0 Å². The SMILES string of the molecule is C=C.N.N.O.O.O.O=C(O)CCC(=O)O.O=C(O)CCC(=O)O. The molecule has 0 atom stereocenters. The van der Waals surface area contributed by atoms with Crippen LogP contribution < -0.4 is 12.3 Å². The van der Waals surface area contributed by atoms with Gasteiger partial charge in [0.15, 0.2) is 0 Å². The molecule has 0 spiro atoms. The van der Waals surface area contributed by atoms with Crippen molar-refractivity contribution in [3.05, 3.63) is 13.2 Å². The molecule has 0 bridgehead atoms. The Kier molecular flexibility index (Phi) is 79.4. The molecule has 0 unspecified atom stereocenters. The number of hydrogen-bond acceptors (Lipinski definition) is 6. The van der Waals surface area contributed by atoms with Crippen LogP contribution in [0.2, 0.25) is 0 Å². The zero-order chi connectivity index (χ0) is 15.1. The van der Waals surface area contributed by atoms with Crippen LogP contribution in [0, 0.1) is 0 Å². The molecule has 0 fully saturated rings. The van der Waals surface area contributed by atoms with Gasteiger partial charge in [-0.25, -0.2) is 0 Å². The van der Waals surface area contributed by atoms with Gasteiger partial charge < -0.3 is 49.2 Å². The largest absolute Gasteiger partial charge is 0.481 e. The summed E-state index contributed by atoms with van der Waals surface area (Å²) in [6, 6.07) is 0. The highest BCUT2D eigenvalue weighted by Gasteiger charge is 2.00. The second kappa shape index (κ2) is 36.6. The van der Waals surface area contributed by atoms with Gasteiger partial charge in [-0.05, 0) is 0 Å². The molecule has 144 valence electrons. The smallest absolute Gasteiger partial charge is 0.303 e. The summed E-state index contributed by atoms with van der Waals surface area (Å²) in [5, 5.41) is 31.6. The van der Waals surface area contributed by atoms with Crippen molar-refractivity contribution in [1.29, 1.82) is 0 Å². The van der Waals surface area contributed by atoms with E-state index in [0.717, 1.165) is 0 Å². The van der Waals surface area contributed by atoms with Crippen molar-refractivity contribution in [2.75, 3.05) is 0 Å². The molecular weight excluding hydrogens is 324 g/mol. The van der Waals surface area contributed by atoms with Crippen LogP contribution in [0.3, 0.4) is 0 Å². The van der Waals surface area contributed by atoms with E-state index in [9.17, 15) is 19.2 Å². The predicted molar refractivity (Wildman–Crippen MR) is 81.2 cm³/mol. The fraction of sp³-hybridized carbons (Fsp3) is 0.400. The van der Waals surface area contributed by atoms with E-state index < -0.39 is 23.9 Å². The first-order valence-electron chi connectivity index (χ1n) is 4.63. The minimum Gasteiger partial charge on any atom is -0.481 e. The molecule has 0 aromatic carbocycles. The van der Waals surface area contributed by atoms with Crippen LogP contribution in [0.4, 0.5) is 0 Å². The van der Waals surface area contributed by atoms with Crippen LogP contribution in [-0.4, -0.2) is 60.7 Å². The van der Waals surface area contributed by atoms with Crippen LogP contribution in [0.15, 0.2) is 13.2 Å². The van der Waals surface area contributed by atoms with Gasteiger partial charge in [0.2, 0.25) is 0 Å². The van der Waals surface area contributed by atoms with Crippen molar-refractivity contribution in [2.24, 2.45) is 0 Å². The molecule has 0 aromatic heterocycles. The maximum atomic E-state index is 9.64. The molecule has 0 rings (SSSR count). The van der Waals surface area contributed by atoms with E-state index in [1.807, 2.05) is 0 Å². The number of carbonyl (C=O) groups is 4. The predicted octanol–water partition coefficient (Wildman–Crippen LogP) is -1.48. The van der Waals surface area contributed by atoms with Crippen molar-refractivity contribution >= 4 is 23.9 Å². The van der Waals surface area contributed by atoms with E-state index in [-0.39, 0.29) is 54.4 Å². The van der Waals surface area contributed by atoms with E-state index in [1.54, 1.807) is 0 Å². The maximum Gasteiger partial charge on any atom is 0.303 e. The van der Waals surface area contributed by atoms with Gasteiger partial charge in [-0.2, -0.15) is 0 Å². The van der Waals surface area contributed by atoms with Crippen LogP contribution in [0.5, 0.6) is 0 Å². The van der Waals surface area contributed by atoms with Crippen molar-refractivity contribution < 1.29 is 56.0 Å². The number of rotatable bonds is 6. The number of hydrogen-bond donors (Lipinski definition) is 6. The first-order valence-corrected chi connectivity index (χ1v) is 4.63. The minimum absolute atomic E-state index is 0. The zero-order valence-corrected chi connectivity index (χ0v) is 12.6. The summed E-state index contributed by atoms with van der Waals surface area (Å²) in [4.78, 5) is 38.6. The summed E-state index contributed by atoms with van der Waals surface area (Å²) in [7, 11) is 0. The summed E-state index contributed by atoms with van der Waals surface area (Å²) in [6.45, 7) is 6.00. The molecule has 0 radical (unpaired) electrons. The lowest BCUT2D eigenvalue weighted by molar-refractivity contribution is -0.143. The Bertz CT molecular complexity index is 241. The third kappa shape index (κ3) is 107. The van der Waals surface area contributed by atoms with Gasteiger partial charge in [-0.3, -0.25) is 19.2 Å². The average molecular weight is 352 g/mol.